The Labute approximate surface area is 145 Å². The van der Waals surface area contributed by atoms with Gasteiger partial charge in [0.05, 0.1) is 11.8 Å². The van der Waals surface area contributed by atoms with E-state index in [1.165, 1.54) is 0 Å². The molecule has 2 heterocycles. The summed E-state index contributed by atoms with van der Waals surface area (Å²) in [5.41, 5.74) is 4.77. The fraction of sp³-hybridized carbons (Fsp3) is 0.200. The first kappa shape index (κ1) is 17.0. The molecule has 0 bridgehead atoms. The van der Waals surface area contributed by atoms with Gasteiger partial charge in [-0.25, -0.2) is 14.0 Å². The zero-order chi connectivity index (χ0) is 18.0. The molecular weight excluding hydrogens is 351 g/mol. The standard InChI is InChI=1S/C15H13FN4O4S/c16-9-6-20(15(23)19-11(9)17)13-12(21)18-10(25-13)7-24-14(22)8-4-2-1-3-5-8/h1-6,10,13H,7H2,(H,18,21)(H2,17,19,23)/t10-,13-/m1/s1. The number of nitrogens with one attached hydrogen (secondary N) is 1. The van der Waals surface area contributed by atoms with Gasteiger partial charge in [-0.05, 0) is 12.1 Å². The van der Waals surface area contributed by atoms with Crippen LogP contribution >= 0.6 is 11.8 Å². The molecule has 1 aliphatic heterocycles. The molecule has 130 valence electrons. The number of ether oxygens (including phenoxy) is 1. The van der Waals surface area contributed by atoms with E-state index in [1.807, 2.05) is 0 Å². The van der Waals surface area contributed by atoms with Gasteiger partial charge in [-0.2, -0.15) is 4.98 Å². The number of aromatic nitrogens is 2. The van der Waals surface area contributed by atoms with Crippen LogP contribution in [-0.2, 0) is 9.53 Å². The van der Waals surface area contributed by atoms with Gasteiger partial charge >= 0.3 is 11.7 Å². The normalized spacial score (nSPS) is 19.5. The van der Waals surface area contributed by atoms with E-state index < -0.39 is 39.9 Å². The van der Waals surface area contributed by atoms with Crippen LogP contribution in [0.3, 0.4) is 0 Å². The van der Waals surface area contributed by atoms with Crippen LogP contribution in [0.1, 0.15) is 15.7 Å². The summed E-state index contributed by atoms with van der Waals surface area (Å²) in [6.45, 7) is -0.0970. The molecule has 3 rings (SSSR count). The minimum atomic E-state index is -1.02. The number of hydrogen-bond acceptors (Lipinski definition) is 7. The van der Waals surface area contributed by atoms with Crippen LogP contribution in [0.15, 0.2) is 41.3 Å². The van der Waals surface area contributed by atoms with Crippen molar-refractivity contribution in [2.24, 2.45) is 0 Å². The lowest BCUT2D eigenvalue weighted by Crippen LogP contribution is -2.33. The van der Waals surface area contributed by atoms with Crippen LogP contribution in [0, 0.1) is 5.82 Å². The Kier molecular flexibility index (Phi) is 4.70. The number of nitrogen functional groups attached to an aromatic ring is 1. The number of hydrogen-bond donors (Lipinski definition) is 2. The lowest BCUT2D eigenvalue weighted by atomic mass is 10.2. The highest BCUT2D eigenvalue weighted by Crippen LogP contribution is 2.32. The number of anilines is 1. The van der Waals surface area contributed by atoms with E-state index in [-0.39, 0.29) is 6.61 Å². The van der Waals surface area contributed by atoms with E-state index in [0.29, 0.717) is 5.56 Å². The Bertz CT molecular complexity index is 874. The molecule has 2 aromatic rings. The number of amides is 1. The van der Waals surface area contributed by atoms with E-state index in [1.54, 1.807) is 30.3 Å². The third kappa shape index (κ3) is 3.63. The molecule has 2 atom stereocenters. The zero-order valence-corrected chi connectivity index (χ0v) is 13.5. The van der Waals surface area contributed by atoms with Gasteiger partial charge in [0.1, 0.15) is 12.0 Å². The number of nitrogens with zero attached hydrogens (tertiary/aromatic N) is 2. The molecule has 0 saturated carbocycles. The lowest BCUT2D eigenvalue weighted by molar-refractivity contribution is -0.121. The summed E-state index contributed by atoms with van der Waals surface area (Å²) in [5.74, 6) is -2.47. The fourth-order valence-electron chi connectivity index (χ4n) is 2.19. The molecule has 0 spiro atoms. The molecule has 1 amide bonds. The first-order valence-electron chi connectivity index (χ1n) is 7.18. The number of rotatable bonds is 4. The first-order chi connectivity index (χ1) is 12.0. The summed E-state index contributed by atoms with van der Waals surface area (Å²) >= 11 is 1.02. The van der Waals surface area contributed by atoms with Crippen molar-refractivity contribution >= 4 is 29.5 Å². The van der Waals surface area contributed by atoms with Crippen molar-refractivity contribution in [3.05, 3.63) is 58.4 Å². The van der Waals surface area contributed by atoms with Crippen molar-refractivity contribution in [1.82, 2.24) is 14.9 Å². The molecule has 1 fully saturated rings. The number of benzene rings is 1. The molecule has 1 aromatic heterocycles. The smallest absolute Gasteiger partial charge is 0.351 e. The van der Waals surface area contributed by atoms with Crippen molar-refractivity contribution in [3.63, 3.8) is 0 Å². The Morgan fingerprint density at radius 1 is 1.36 bits per heavy atom. The molecule has 1 aromatic carbocycles. The van der Waals surface area contributed by atoms with E-state index in [2.05, 4.69) is 10.3 Å². The number of carbonyl (C=O) groups excluding carboxylic acids is 2. The van der Waals surface area contributed by atoms with Crippen molar-refractivity contribution < 1.29 is 18.7 Å². The summed E-state index contributed by atoms with van der Waals surface area (Å²) < 4.78 is 19.5. The number of carbonyl (C=O) groups is 2. The van der Waals surface area contributed by atoms with Gasteiger partial charge in [0.2, 0.25) is 0 Å². The molecule has 3 N–H and O–H groups in total. The summed E-state index contributed by atoms with van der Waals surface area (Å²) in [6, 6.07) is 8.38. The van der Waals surface area contributed by atoms with Gasteiger partial charge < -0.3 is 15.8 Å². The quantitative estimate of drug-likeness (QED) is 0.759. The topological polar surface area (TPSA) is 116 Å². The minimum absolute atomic E-state index is 0.0970. The monoisotopic (exact) mass is 364 g/mol. The van der Waals surface area contributed by atoms with Crippen LogP contribution in [0.4, 0.5) is 10.2 Å². The van der Waals surface area contributed by atoms with Crippen LogP contribution in [-0.4, -0.2) is 33.4 Å². The second kappa shape index (κ2) is 6.93. The Morgan fingerprint density at radius 2 is 2.08 bits per heavy atom. The van der Waals surface area contributed by atoms with Gasteiger partial charge in [-0.15, -0.1) is 0 Å². The van der Waals surface area contributed by atoms with E-state index >= 15 is 0 Å². The van der Waals surface area contributed by atoms with Crippen molar-refractivity contribution in [1.29, 1.82) is 0 Å². The predicted octanol–water partition coefficient (Wildman–Crippen LogP) is 0.509. The zero-order valence-electron chi connectivity index (χ0n) is 12.7. The molecule has 1 aliphatic rings. The van der Waals surface area contributed by atoms with Crippen LogP contribution in [0.5, 0.6) is 0 Å². The average molecular weight is 364 g/mol. The summed E-state index contributed by atoms with van der Waals surface area (Å²) in [6.07, 6.45) is 0.834. The van der Waals surface area contributed by atoms with E-state index in [0.717, 1.165) is 22.5 Å². The largest absolute Gasteiger partial charge is 0.459 e. The van der Waals surface area contributed by atoms with Gasteiger partial charge in [-0.1, -0.05) is 30.0 Å². The highest BCUT2D eigenvalue weighted by molar-refractivity contribution is 8.01. The maximum Gasteiger partial charge on any atom is 0.351 e. The third-order valence-corrected chi connectivity index (χ3v) is 4.66. The number of esters is 1. The predicted molar refractivity (Wildman–Crippen MR) is 88.2 cm³/mol. The fourth-order valence-corrected chi connectivity index (χ4v) is 3.30. The molecule has 0 aliphatic carbocycles. The first-order valence-corrected chi connectivity index (χ1v) is 8.12. The van der Waals surface area contributed by atoms with E-state index in [4.69, 9.17) is 10.5 Å². The van der Waals surface area contributed by atoms with Crippen molar-refractivity contribution in [3.8, 4) is 0 Å². The summed E-state index contributed by atoms with van der Waals surface area (Å²) in [4.78, 5) is 39.1. The number of halogens is 1. The molecule has 25 heavy (non-hydrogen) atoms. The Morgan fingerprint density at radius 3 is 2.80 bits per heavy atom. The van der Waals surface area contributed by atoms with E-state index in [9.17, 15) is 18.8 Å². The maximum atomic E-state index is 13.5. The Balaban J connectivity index is 1.66. The summed E-state index contributed by atoms with van der Waals surface area (Å²) in [7, 11) is 0. The molecule has 1 saturated heterocycles. The maximum absolute atomic E-state index is 13.5. The number of thioether (sulfide) groups is 1. The highest BCUT2D eigenvalue weighted by Gasteiger charge is 2.36. The Hall–Kier alpha value is -2.88. The van der Waals surface area contributed by atoms with Crippen molar-refractivity contribution in [2.75, 3.05) is 12.3 Å². The van der Waals surface area contributed by atoms with Crippen LogP contribution in [0.25, 0.3) is 0 Å². The number of nitrogens with two attached hydrogens (primary N) is 1. The van der Waals surface area contributed by atoms with Gasteiger partial charge in [0.25, 0.3) is 5.91 Å². The SMILES string of the molecule is Nc1nc(=O)n([C@@H]2S[C@H](COC(=O)c3ccccc3)NC2=O)cc1F. The third-order valence-electron chi connectivity index (χ3n) is 3.38. The molecule has 0 unspecified atom stereocenters. The molecule has 10 heteroatoms. The molecule has 0 radical (unpaired) electrons. The van der Waals surface area contributed by atoms with Gasteiger partial charge in [0, 0.05) is 0 Å². The molecule has 8 nitrogen and oxygen atoms in total. The van der Waals surface area contributed by atoms with Gasteiger partial charge in [-0.3, -0.25) is 9.36 Å². The molecular formula is C15H13FN4O4S. The second-order valence-corrected chi connectivity index (χ2v) is 6.40. The van der Waals surface area contributed by atoms with Crippen LogP contribution < -0.4 is 16.7 Å². The average Bonchev–Trinajstić information content (AvgIpc) is 2.97. The van der Waals surface area contributed by atoms with Crippen LogP contribution in [0.2, 0.25) is 0 Å². The van der Waals surface area contributed by atoms with Crippen molar-refractivity contribution in [2.45, 2.75) is 10.7 Å². The van der Waals surface area contributed by atoms with Gasteiger partial charge in [0.15, 0.2) is 17.0 Å². The second-order valence-electron chi connectivity index (χ2n) is 5.11. The highest BCUT2D eigenvalue weighted by atomic mass is 32.2. The summed E-state index contributed by atoms with van der Waals surface area (Å²) in [5, 5.41) is 0.987. The minimum Gasteiger partial charge on any atom is -0.459 e. The lowest BCUT2D eigenvalue weighted by Gasteiger charge is -2.12.